The average Bonchev–Trinajstić information content (AvgIpc) is 2.67. The molecule has 28 heavy (non-hydrogen) atoms. The number of nitrogens with one attached hydrogen (secondary N) is 2. The molecule has 1 aliphatic carbocycles. The van der Waals surface area contributed by atoms with Crippen LogP contribution in [0.1, 0.15) is 52.4 Å². The minimum absolute atomic E-state index is 0.0539. The van der Waals surface area contributed by atoms with E-state index in [0.717, 1.165) is 24.2 Å². The number of benzene rings is 1. The van der Waals surface area contributed by atoms with Crippen molar-refractivity contribution in [2.24, 2.45) is 5.92 Å². The number of carbonyl (C=O) groups is 2. The van der Waals surface area contributed by atoms with Crippen LogP contribution in [-0.2, 0) is 19.4 Å². The molecule has 3 atom stereocenters. The number of anilines is 1. The van der Waals surface area contributed by atoms with E-state index in [0.29, 0.717) is 18.0 Å². The van der Waals surface area contributed by atoms with Crippen LogP contribution in [0.4, 0.5) is 5.69 Å². The van der Waals surface area contributed by atoms with Crippen molar-refractivity contribution < 1.29 is 18.0 Å². The van der Waals surface area contributed by atoms with Crippen molar-refractivity contribution in [3.8, 4) is 0 Å². The Kier molecular flexibility index (Phi) is 6.70. The highest BCUT2D eigenvalue weighted by Crippen LogP contribution is 2.38. The summed E-state index contributed by atoms with van der Waals surface area (Å²) in [6, 6.07) is 4.94. The second kappa shape index (κ2) is 8.86. The van der Waals surface area contributed by atoms with Gasteiger partial charge in [-0.25, -0.2) is 8.42 Å². The standard InChI is InChI=1S/C20H28N2O4S2/c1-3-17-20(24)22-16-12-14(8-9-18(16)27-17)28(25,26)11-10-19(23)21-15-7-5-4-6-13(15)2/h8-9,12-13,15,17H,3-7,10-11H2,1-2H3,(H,21,23)(H,22,24). The van der Waals surface area contributed by atoms with Gasteiger partial charge in [-0.05, 0) is 43.4 Å². The number of hydrogen-bond acceptors (Lipinski definition) is 5. The molecule has 1 fully saturated rings. The van der Waals surface area contributed by atoms with Crippen molar-refractivity contribution in [2.75, 3.05) is 11.1 Å². The van der Waals surface area contributed by atoms with Crippen molar-refractivity contribution in [3.05, 3.63) is 18.2 Å². The third-order valence-corrected chi connectivity index (χ3v) is 8.71. The molecule has 8 heteroatoms. The Morgan fingerprint density at radius 1 is 1.29 bits per heavy atom. The number of hydrogen-bond donors (Lipinski definition) is 2. The largest absolute Gasteiger partial charge is 0.353 e. The van der Waals surface area contributed by atoms with E-state index in [-0.39, 0.29) is 40.2 Å². The van der Waals surface area contributed by atoms with Gasteiger partial charge in [0.25, 0.3) is 0 Å². The van der Waals surface area contributed by atoms with Gasteiger partial charge in [-0.2, -0.15) is 0 Å². The van der Waals surface area contributed by atoms with Gasteiger partial charge in [0, 0.05) is 17.4 Å². The molecule has 154 valence electrons. The Balaban J connectivity index is 1.62. The van der Waals surface area contributed by atoms with Crippen LogP contribution in [-0.4, -0.2) is 37.3 Å². The van der Waals surface area contributed by atoms with Crippen LogP contribution in [0.5, 0.6) is 0 Å². The number of thioether (sulfide) groups is 1. The summed E-state index contributed by atoms with van der Waals surface area (Å²) < 4.78 is 25.4. The molecule has 1 heterocycles. The van der Waals surface area contributed by atoms with Crippen LogP contribution in [0, 0.1) is 5.92 Å². The number of sulfone groups is 1. The minimum Gasteiger partial charge on any atom is -0.353 e. The Morgan fingerprint density at radius 2 is 2.04 bits per heavy atom. The summed E-state index contributed by atoms with van der Waals surface area (Å²) in [5.74, 6) is -0.120. The maximum absolute atomic E-state index is 12.7. The molecule has 3 rings (SSSR count). The first-order valence-corrected chi connectivity index (χ1v) is 12.5. The van der Waals surface area contributed by atoms with Crippen molar-refractivity contribution in [2.45, 2.75) is 73.5 Å². The van der Waals surface area contributed by atoms with Crippen LogP contribution in [0.3, 0.4) is 0 Å². The van der Waals surface area contributed by atoms with Gasteiger partial charge in [-0.15, -0.1) is 11.8 Å². The predicted octanol–water partition coefficient (Wildman–Crippen LogP) is 3.37. The Labute approximate surface area is 171 Å². The number of rotatable bonds is 6. The Hall–Kier alpha value is -1.54. The summed E-state index contributed by atoms with van der Waals surface area (Å²) in [7, 11) is -3.60. The fourth-order valence-corrected chi connectivity index (χ4v) is 6.03. The molecule has 2 amide bonds. The van der Waals surface area contributed by atoms with E-state index in [9.17, 15) is 18.0 Å². The molecule has 2 N–H and O–H groups in total. The van der Waals surface area contributed by atoms with E-state index >= 15 is 0 Å². The van der Waals surface area contributed by atoms with E-state index in [4.69, 9.17) is 0 Å². The molecular formula is C20H28N2O4S2. The van der Waals surface area contributed by atoms with Crippen LogP contribution in [0.2, 0.25) is 0 Å². The molecule has 1 aromatic rings. The van der Waals surface area contributed by atoms with Crippen LogP contribution in [0.25, 0.3) is 0 Å². The molecule has 6 nitrogen and oxygen atoms in total. The summed E-state index contributed by atoms with van der Waals surface area (Å²) in [4.78, 5) is 25.3. The number of carbonyl (C=O) groups excluding carboxylic acids is 2. The zero-order chi connectivity index (χ0) is 20.3. The monoisotopic (exact) mass is 424 g/mol. The maximum atomic E-state index is 12.7. The van der Waals surface area contributed by atoms with E-state index < -0.39 is 9.84 Å². The third-order valence-electron chi connectivity index (χ3n) is 5.56. The lowest BCUT2D eigenvalue weighted by Crippen LogP contribution is -2.41. The SMILES string of the molecule is CCC1Sc2ccc(S(=O)(=O)CCC(=O)NC3CCCCC3C)cc2NC1=O. The third kappa shape index (κ3) is 4.89. The predicted molar refractivity (Wildman–Crippen MR) is 111 cm³/mol. The van der Waals surface area contributed by atoms with Gasteiger partial charge in [0.1, 0.15) is 0 Å². The molecule has 0 aromatic heterocycles. The molecule has 0 bridgehead atoms. The Morgan fingerprint density at radius 3 is 2.75 bits per heavy atom. The first-order chi connectivity index (χ1) is 13.3. The molecule has 0 radical (unpaired) electrons. The minimum atomic E-state index is -3.60. The normalized spacial score (nSPS) is 24.9. The molecule has 0 saturated heterocycles. The Bertz CT molecular complexity index is 854. The fraction of sp³-hybridized carbons (Fsp3) is 0.600. The van der Waals surface area contributed by atoms with Gasteiger partial charge in [0.15, 0.2) is 9.84 Å². The highest BCUT2D eigenvalue weighted by atomic mass is 32.2. The highest BCUT2D eigenvalue weighted by molar-refractivity contribution is 8.01. The molecule has 2 aliphatic rings. The summed E-state index contributed by atoms with van der Waals surface area (Å²) in [6.45, 7) is 4.07. The zero-order valence-corrected chi connectivity index (χ0v) is 18.0. The smallest absolute Gasteiger partial charge is 0.237 e. The van der Waals surface area contributed by atoms with Crippen LogP contribution in [0.15, 0.2) is 28.0 Å². The fourth-order valence-electron chi connectivity index (χ4n) is 3.75. The maximum Gasteiger partial charge on any atom is 0.237 e. The number of fused-ring (bicyclic) bond motifs is 1. The first-order valence-electron chi connectivity index (χ1n) is 9.94. The van der Waals surface area contributed by atoms with Crippen molar-refractivity contribution in [3.63, 3.8) is 0 Å². The molecule has 1 aliphatic heterocycles. The van der Waals surface area contributed by atoms with E-state index in [1.54, 1.807) is 12.1 Å². The summed E-state index contributed by atoms with van der Waals surface area (Å²) in [6.07, 6.45) is 5.01. The molecule has 0 spiro atoms. The topological polar surface area (TPSA) is 92.3 Å². The summed E-state index contributed by atoms with van der Waals surface area (Å²) in [5, 5.41) is 5.64. The summed E-state index contributed by atoms with van der Waals surface area (Å²) in [5.41, 5.74) is 0.529. The van der Waals surface area contributed by atoms with Crippen LogP contribution < -0.4 is 10.6 Å². The zero-order valence-electron chi connectivity index (χ0n) is 16.4. The molecular weight excluding hydrogens is 396 g/mol. The van der Waals surface area contributed by atoms with Crippen molar-refractivity contribution >= 4 is 39.1 Å². The molecule has 3 unspecified atom stereocenters. The summed E-state index contributed by atoms with van der Waals surface area (Å²) >= 11 is 1.45. The van der Waals surface area contributed by atoms with Gasteiger partial charge in [-0.1, -0.05) is 26.7 Å². The first kappa shape index (κ1) is 21.2. The quantitative estimate of drug-likeness (QED) is 0.730. The van der Waals surface area contributed by atoms with E-state index in [1.165, 1.54) is 24.2 Å². The van der Waals surface area contributed by atoms with Gasteiger partial charge in [0.05, 0.1) is 21.6 Å². The molecule has 1 aromatic carbocycles. The van der Waals surface area contributed by atoms with Gasteiger partial charge in [-0.3, -0.25) is 9.59 Å². The lowest BCUT2D eigenvalue weighted by Gasteiger charge is -2.29. The van der Waals surface area contributed by atoms with E-state index in [2.05, 4.69) is 17.6 Å². The average molecular weight is 425 g/mol. The lowest BCUT2D eigenvalue weighted by atomic mass is 9.86. The van der Waals surface area contributed by atoms with Gasteiger partial charge < -0.3 is 10.6 Å². The second-order valence-electron chi connectivity index (χ2n) is 7.67. The number of amides is 2. The lowest BCUT2D eigenvalue weighted by molar-refractivity contribution is -0.122. The van der Waals surface area contributed by atoms with Crippen LogP contribution >= 0.6 is 11.8 Å². The van der Waals surface area contributed by atoms with Gasteiger partial charge >= 0.3 is 0 Å². The van der Waals surface area contributed by atoms with E-state index in [1.807, 2.05) is 6.92 Å². The second-order valence-corrected chi connectivity index (χ2v) is 11.0. The highest BCUT2D eigenvalue weighted by Gasteiger charge is 2.28. The van der Waals surface area contributed by atoms with Gasteiger partial charge in [0.2, 0.25) is 11.8 Å². The van der Waals surface area contributed by atoms with Crippen molar-refractivity contribution in [1.82, 2.24) is 5.32 Å². The molecule has 1 saturated carbocycles. The van der Waals surface area contributed by atoms with Crippen molar-refractivity contribution in [1.29, 1.82) is 0 Å².